The molecule has 1 amide bonds. The number of sulfonamides is 1. The number of carbonyl (C=O) groups is 1. The van der Waals surface area contributed by atoms with E-state index in [2.05, 4.69) is 5.10 Å². The number of rotatable bonds is 7. The minimum absolute atomic E-state index is 0.123. The standard InChI is InChI=1S/C27H30ClN5O3S2/c1-18-16-19(2)33(30-18)15-14-32(27-29-25-20(3)23(28)11-12-24(25)37-27)26(34)21-8-7-13-31(17-21)38(35,36)22-9-5-4-6-10-22/h4-6,9-12,16,21H,7-8,13-15,17H2,1-3H3. The zero-order chi connectivity index (χ0) is 27.0. The van der Waals surface area contributed by atoms with Crippen LogP contribution in [0.5, 0.6) is 0 Å². The summed E-state index contributed by atoms with van der Waals surface area (Å²) in [6.07, 6.45) is 1.23. The van der Waals surface area contributed by atoms with Crippen LogP contribution in [0, 0.1) is 26.7 Å². The number of aryl methyl sites for hydroxylation is 3. The molecule has 1 aliphatic heterocycles. The Bertz CT molecular complexity index is 1580. The Balaban J connectivity index is 1.45. The van der Waals surface area contributed by atoms with Gasteiger partial charge in [-0.1, -0.05) is 41.1 Å². The van der Waals surface area contributed by atoms with Crippen LogP contribution >= 0.6 is 22.9 Å². The molecule has 4 aromatic rings. The molecule has 0 bridgehead atoms. The van der Waals surface area contributed by atoms with Gasteiger partial charge in [-0.25, -0.2) is 13.4 Å². The van der Waals surface area contributed by atoms with Crippen molar-refractivity contribution in [2.75, 3.05) is 24.5 Å². The van der Waals surface area contributed by atoms with Crippen LogP contribution in [0.2, 0.25) is 5.02 Å². The number of anilines is 1. The summed E-state index contributed by atoms with van der Waals surface area (Å²) in [4.78, 5) is 20.8. The maximum Gasteiger partial charge on any atom is 0.243 e. The van der Waals surface area contributed by atoms with Crippen LogP contribution in [0.4, 0.5) is 5.13 Å². The molecule has 5 rings (SSSR count). The summed E-state index contributed by atoms with van der Waals surface area (Å²) >= 11 is 7.78. The Kier molecular flexibility index (Phi) is 7.59. The number of fused-ring (bicyclic) bond motifs is 1. The van der Waals surface area contributed by atoms with Crippen LogP contribution < -0.4 is 4.90 Å². The molecule has 3 heterocycles. The van der Waals surface area contributed by atoms with Gasteiger partial charge >= 0.3 is 0 Å². The summed E-state index contributed by atoms with van der Waals surface area (Å²) < 4.78 is 30.9. The lowest BCUT2D eigenvalue weighted by atomic mass is 9.98. The molecule has 0 N–H and O–H groups in total. The first-order chi connectivity index (χ1) is 18.1. The Hall–Kier alpha value is -2.79. The number of hydrogen-bond acceptors (Lipinski definition) is 6. The van der Waals surface area contributed by atoms with Gasteiger partial charge in [-0.05, 0) is 69.5 Å². The maximum absolute atomic E-state index is 14.1. The van der Waals surface area contributed by atoms with Gasteiger partial charge in [0.1, 0.15) is 0 Å². The summed E-state index contributed by atoms with van der Waals surface area (Å²) in [6, 6.07) is 14.2. The van der Waals surface area contributed by atoms with Crippen molar-refractivity contribution in [3.8, 4) is 0 Å². The monoisotopic (exact) mass is 571 g/mol. The van der Waals surface area contributed by atoms with Gasteiger partial charge < -0.3 is 0 Å². The van der Waals surface area contributed by atoms with Gasteiger partial charge in [0.05, 0.1) is 33.3 Å². The minimum atomic E-state index is -3.69. The van der Waals surface area contributed by atoms with Gasteiger partial charge in [0.15, 0.2) is 5.13 Å². The molecule has 0 saturated carbocycles. The van der Waals surface area contributed by atoms with E-state index in [1.807, 2.05) is 43.7 Å². The number of amides is 1. The van der Waals surface area contributed by atoms with Crippen LogP contribution in [-0.4, -0.2) is 53.0 Å². The third kappa shape index (κ3) is 5.22. The van der Waals surface area contributed by atoms with E-state index in [-0.39, 0.29) is 17.3 Å². The molecule has 2 aromatic carbocycles. The third-order valence-electron chi connectivity index (χ3n) is 6.99. The lowest BCUT2D eigenvalue weighted by molar-refractivity contribution is -0.123. The van der Waals surface area contributed by atoms with Crippen LogP contribution in [0.25, 0.3) is 10.2 Å². The lowest BCUT2D eigenvalue weighted by Crippen LogP contribution is -2.47. The minimum Gasteiger partial charge on any atom is -0.286 e. The number of piperidine rings is 1. The zero-order valence-electron chi connectivity index (χ0n) is 21.6. The molecule has 0 spiro atoms. The van der Waals surface area contributed by atoms with E-state index in [1.54, 1.807) is 35.2 Å². The molecule has 0 aliphatic carbocycles. The van der Waals surface area contributed by atoms with Gasteiger partial charge in [-0.2, -0.15) is 9.40 Å². The number of thiazole rings is 1. The Morgan fingerprint density at radius 1 is 1.16 bits per heavy atom. The first-order valence-corrected chi connectivity index (χ1v) is 15.2. The third-order valence-corrected chi connectivity index (χ3v) is 10.3. The highest BCUT2D eigenvalue weighted by molar-refractivity contribution is 7.89. The molecule has 0 radical (unpaired) electrons. The molecule has 2 aromatic heterocycles. The second-order valence-corrected chi connectivity index (χ2v) is 13.0. The van der Waals surface area contributed by atoms with Crippen molar-refractivity contribution in [2.45, 2.75) is 45.1 Å². The summed E-state index contributed by atoms with van der Waals surface area (Å²) in [5.41, 5.74) is 3.58. The van der Waals surface area contributed by atoms with E-state index in [9.17, 15) is 13.2 Å². The topological polar surface area (TPSA) is 88.4 Å². The fourth-order valence-corrected chi connectivity index (χ4v) is 7.68. The number of halogens is 1. The van der Waals surface area contributed by atoms with Gasteiger partial charge in [-0.3, -0.25) is 14.4 Å². The largest absolute Gasteiger partial charge is 0.286 e. The number of aromatic nitrogens is 3. The second-order valence-electron chi connectivity index (χ2n) is 9.67. The van der Waals surface area contributed by atoms with Crippen molar-refractivity contribution in [3.63, 3.8) is 0 Å². The van der Waals surface area contributed by atoms with E-state index in [0.717, 1.165) is 27.2 Å². The highest BCUT2D eigenvalue weighted by Crippen LogP contribution is 2.35. The second kappa shape index (κ2) is 10.8. The summed E-state index contributed by atoms with van der Waals surface area (Å²) in [7, 11) is -3.69. The molecule has 1 atom stereocenters. The van der Waals surface area contributed by atoms with Crippen molar-refractivity contribution in [3.05, 3.63) is 70.5 Å². The predicted octanol–water partition coefficient (Wildman–Crippen LogP) is 5.21. The molecule has 1 saturated heterocycles. The first kappa shape index (κ1) is 26.8. The van der Waals surface area contributed by atoms with E-state index in [4.69, 9.17) is 16.6 Å². The van der Waals surface area contributed by atoms with Crippen molar-refractivity contribution in [1.82, 2.24) is 19.1 Å². The average Bonchev–Trinajstić information content (AvgIpc) is 3.49. The number of benzene rings is 2. The van der Waals surface area contributed by atoms with E-state index in [0.29, 0.717) is 42.6 Å². The summed E-state index contributed by atoms with van der Waals surface area (Å²) in [5.74, 6) is -0.596. The zero-order valence-corrected chi connectivity index (χ0v) is 24.0. The fourth-order valence-electron chi connectivity index (χ4n) is 4.92. The van der Waals surface area contributed by atoms with Crippen molar-refractivity contribution in [2.24, 2.45) is 5.92 Å². The SMILES string of the molecule is Cc1cc(C)n(CCN(C(=O)C2CCCN(S(=O)(=O)c3ccccc3)C2)c2nc3c(C)c(Cl)ccc3s2)n1. The molecule has 1 unspecified atom stereocenters. The molecule has 1 fully saturated rings. The summed E-state index contributed by atoms with van der Waals surface area (Å²) in [5, 5.41) is 5.76. The smallest absolute Gasteiger partial charge is 0.243 e. The predicted molar refractivity (Wildman–Crippen MR) is 151 cm³/mol. The number of nitrogens with zero attached hydrogens (tertiary/aromatic N) is 5. The van der Waals surface area contributed by atoms with E-state index < -0.39 is 15.9 Å². The number of hydrogen-bond donors (Lipinski definition) is 0. The molecule has 11 heteroatoms. The molecule has 1 aliphatic rings. The highest BCUT2D eigenvalue weighted by atomic mass is 35.5. The quantitative estimate of drug-likeness (QED) is 0.304. The molecular weight excluding hydrogens is 542 g/mol. The van der Waals surface area contributed by atoms with E-state index >= 15 is 0 Å². The van der Waals surface area contributed by atoms with E-state index in [1.165, 1.54) is 15.6 Å². The molecule has 8 nitrogen and oxygen atoms in total. The van der Waals surface area contributed by atoms with Gasteiger partial charge in [-0.15, -0.1) is 0 Å². The maximum atomic E-state index is 14.1. The van der Waals surface area contributed by atoms with Crippen molar-refractivity contribution < 1.29 is 13.2 Å². The van der Waals surface area contributed by atoms with Gasteiger partial charge in [0.25, 0.3) is 0 Å². The van der Waals surface area contributed by atoms with Crippen LogP contribution in [0.15, 0.2) is 53.4 Å². The summed E-state index contributed by atoms with van der Waals surface area (Å²) in [6.45, 7) is 7.26. The lowest BCUT2D eigenvalue weighted by Gasteiger charge is -2.33. The van der Waals surface area contributed by atoms with Crippen LogP contribution in [0.1, 0.15) is 29.8 Å². The fraction of sp³-hybridized carbons (Fsp3) is 0.370. The average molecular weight is 572 g/mol. The Morgan fingerprint density at radius 3 is 2.63 bits per heavy atom. The van der Waals surface area contributed by atoms with Gasteiger partial charge in [0.2, 0.25) is 15.9 Å². The van der Waals surface area contributed by atoms with Crippen LogP contribution in [-0.2, 0) is 21.4 Å². The number of carbonyl (C=O) groups excluding carboxylic acids is 1. The normalized spacial score (nSPS) is 16.7. The van der Waals surface area contributed by atoms with Crippen molar-refractivity contribution >= 4 is 54.2 Å². The Morgan fingerprint density at radius 2 is 1.92 bits per heavy atom. The highest BCUT2D eigenvalue weighted by Gasteiger charge is 2.36. The molecular formula is C27H30ClN5O3S2. The molecule has 200 valence electrons. The molecule has 38 heavy (non-hydrogen) atoms. The first-order valence-electron chi connectivity index (χ1n) is 12.6. The van der Waals surface area contributed by atoms with Gasteiger partial charge in [0, 0.05) is 30.4 Å². The van der Waals surface area contributed by atoms with Crippen LogP contribution in [0.3, 0.4) is 0 Å². The van der Waals surface area contributed by atoms with Crippen molar-refractivity contribution in [1.29, 1.82) is 0 Å². The Labute approximate surface area is 231 Å².